The van der Waals surface area contributed by atoms with Crippen LogP contribution in [0.25, 0.3) is 0 Å². The van der Waals surface area contributed by atoms with E-state index in [9.17, 15) is 4.79 Å². The third kappa shape index (κ3) is 4.01. The molecule has 0 bridgehead atoms. The van der Waals surface area contributed by atoms with Crippen LogP contribution in [0.5, 0.6) is 0 Å². The molecular weight excluding hydrogens is 280 g/mol. The number of carbonyl (C=O) groups excluding carboxylic acids is 1. The number of nitrogens with two attached hydrogens (primary N) is 1. The molecule has 2 rings (SSSR count). The van der Waals surface area contributed by atoms with E-state index in [0.29, 0.717) is 5.75 Å². The Hall–Kier alpha value is -1.00. The van der Waals surface area contributed by atoms with E-state index in [-0.39, 0.29) is 17.4 Å². The summed E-state index contributed by atoms with van der Waals surface area (Å²) in [6.07, 6.45) is 0.896. The molecule has 0 saturated carbocycles. The molecule has 2 N–H and O–H groups in total. The number of thioether (sulfide) groups is 1. The van der Waals surface area contributed by atoms with Crippen LogP contribution < -0.4 is 5.73 Å². The van der Waals surface area contributed by atoms with E-state index in [2.05, 4.69) is 45.9 Å². The third-order valence-electron chi connectivity index (χ3n) is 4.36. The first-order valence-corrected chi connectivity index (χ1v) is 8.51. The minimum absolute atomic E-state index is 0.0117. The minimum atomic E-state index is 0.0117. The summed E-state index contributed by atoms with van der Waals surface area (Å²) in [6, 6.07) is 6.57. The third-order valence-corrected chi connectivity index (χ3v) is 5.50. The molecule has 3 nitrogen and oxygen atoms in total. The molecule has 1 atom stereocenters. The van der Waals surface area contributed by atoms with Crippen LogP contribution in [0.4, 0.5) is 0 Å². The lowest BCUT2D eigenvalue weighted by atomic mass is 9.80. The fourth-order valence-electron chi connectivity index (χ4n) is 2.68. The van der Waals surface area contributed by atoms with E-state index in [1.165, 1.54) is 16.0 Å². The predicted octanol–water partition coefficient (Wildman–Crippen LogP) is 2.98. The summed E-state index contributed by atoms with van der Waals surface area (Å²) in [7, 11) is 0. The first-order valence-electron chi connectivity index (χ1n) is 7.53. The Morgan fingerprint density at radius 2 is 2.14 bits per heavy atom. The van der Waals surface area contributed by atoms with Crippen LogP contribution in [-0.4, -0.2) is 35.7 Å². The Morgan fingerprint density at radius 3 is 2.81 bits per heavy atom. The fraction of sp³-hybridized carbons (Fsp3) is 0.588. The number of aryl methyl sites for hydroxylation is 2. The highest BCUT2D eigenvalue weighted by Crippen LogP contribution is 2.29. The molecule has 1 fully saturated rings. The van der Waals surface area contributed by atoms with Gasteiger partial charge >= 0.3 is 0 Å². The second-order valence-corrected chi connectivity index (χ2v) is 7.77. The van der Waals surface area contributed by atoms with Crippen molar-refractivity contribution in [3.8, 4) is 0 Å². The quantitative estimate of drug-likeness (QED) is 0.873. The lowest BCUT2D eigenvalue weighted by Gasteiger charge is -2.42. The number of likely N-dealkylation sites (tertiary alicyclic amines) is 1. The van der Waals surface area contributed by atoms with Gasteiger partial charge in [0.05, 0.1) is 5.75 Å². The molecule has 1 unspecified atom stereocenters. The average Bonchev–Trinajstić information content (AvgIpc) is 2.42. The van der Waals surface area contributed by atoms with Crippen molar-refractivity contribution in [3.05, 3.63) is 29.3 Å². The Kier molecular flexibility index (Phi) is 4.99. The van der Waals surface area contributed by atoms with E-state index < -0.39 is 0 Å². The molecule has 1 aromatic carbocycles. The first kappa shape index (κ1) is 16.4. The van der Waals surface area contributed by atoms with Gasteiger partial charge in [-0.3, -0.25) is 4.79 Å². The molecule has 1 amide bonds. The van der Waals surface area contributed by atoms with Gasteiger partial charge < -0.3 is 10.6 Å². The van der Waals surface area contributed by atoms with Gasteiger partial charge in [0.25, 0.3) is 0 Å². The smallest absolute Gasteiger partial charge is 0.232 e. The van der Waals surface area contributed by atoms with Crippen molar-refractivity contribution in [2.75, 3.05) is 18.8 Å². The molecule has 1 heterocycles. The van der Waals surface area contributed by atoms with E-state index in [1.807, 2.05) is 4.90 Å². The average molecular weight is 306 g/mol. The minimum Gasteiger partial charge on any atom is -0.341 e. The summed E-state index contributed by atoms with van der Waals surface area (Å²) < 4.78 is 0. The number of amides is 1. The van der Waals surface area contributed by atoms with Crippen LogP contribution in [0.2, 0.25) is 0 Å². The summed E-state index contributed by atoms with van der Waals surface area (Å²) in [6.45, 7) is 10.0. The maximum absolute atomic E-state index is 12.4. The highest BCUT2D eigenvalue weighted by Gasteiger charge is 2.35. The van der Waals surface area contributed by atoms with Crippen molar-refractivity contribution in [1.29, 1.82) is 0 Å². The van der Waals surface area contributed by atoms with Crippen LogP contribution in [-0.2, 0) is 4.79 Å². The van der Waals surface area contributed by atoms with E-state index in [0.717, 1.165) is 19.5 Å². The second-order valence-electron chi connectivity index (χ2n) is 6.76. The standard InChI is InChI=1S/C17H26N2OS/c1-12-5-6-13(2)14(9-12)21-10-16(20)19-8-7-15(18)17(3,4)11-19/h5-6,9,15H,7-8,10-11,18H2,1-4H3. The van der Waals surface area contributed by atoms with Gasteiger partial charge in [-0.25, -0.2) is 0 Å². The monoisotopic (exact) mass is 306 g/mol. The number of rotatable bonds is 3. The van der Waals surface area contributed by atoms with Crippen molar-refractivity contribution in [1.82, 2.24) is 4.90 Å². The molecule has 1 aromatic rings. The Balaban J connectivity index is 1.95. The molecule has 1 aliphatic heterocycles. The summed E-state index contributed by atoms with van der Waals surface area (Å²) in [5, 5.41) is 0. The van der Waals surface area contributed by atoms with Crippen LogP contribution in [0.1, 0.15) is 31.4 Å². The number of piperidine rings is 1. The largest absolute Gasteiger partial charge is 0.341 e. The second kappa shape index (κ2) is 6.41. The molecule has 116 valence electrons. The lowest BCUT2D eigenvalue weighted by Crippen LogP contribution is -2.54. The van der Waals surface area contributed by atoms with E-state index in [1.54, 1.807) is 11.8 Å². The number of carbonyl (C=O) groups is 1. The zero-order valence-corrected chi connectivity index (χ0v) is 14.3. The normalized spacial score (nSPS) is 21.4. The molecule has 0 aromatic heterocycles. The maximum Gasteiger partial charge on any atom is 0.232 e. The van der Waals surface area contributed by atoms with Crippen LogP contribution >= 0.6 is 11.8 Å². The summed E-state index contributed by atoms with van der Waals surface area (Å²) in [5.74, 6) is 0.733. The van der Waals surface area contributed by atoms with Gasteiger partial charge in [0.2, 0.25) is 5.91 Å². The van der Waals surface area contributed by atoms with Crippen LogP contribution in [0.3, 0.4) is 0 Å². The molecule has 0 spiro atoms. The SMILES string of the molecule is Cc1ccc(C)c(SCC(=O)N2CCC(N)C(C)(C)C2)c1. The van der Waals surface area contributed by atoms with E-state index in [4.69, 9.17) is 5.73 Å². The Morgan fingerprint density at radius 1 is 1.43 bits per heavy atom. The number of hydrogen-bond donors (Lipinski definition) is 1. The molecular formula is C17H26N2OS. The van der Waals surface area contributed by atoms with Gasteiger partial charge in [-0.05, 0) is 37.3 Å². The Labute approximate surface area is 132 Å². The molecule has 1 saturated heterocycles. The fourth-order valence-corrected chi connectivity index (χ4v) is 3.71. The number of benzene rings is 1. The highest BCUT2D eigenvalue weighted by atomic mass is 32.2. The van der Waals surface area contributed by atoms with Crippen molar-refractivity contribution < 1.29 is 4.79 Å². The zero-order valence-electron chi connectivity index (χ0n) is 13.5. The molecule has 0 aliphatic carbocycles. The number of hydrogen-bond acceptors (Lipinski definition) is 3. The van der Waals surface area contributed by atoms with Crippen LogP contribution in [0.15, 0.2) is 23.1 Å². The lowest BCUT2D eigenvalue weighted by molar-refractivity contribution is -0.131. The highest BCUT2D eigenvalue weighted by molar-refractivity contribution is 8.00. The molecule has 0 radical (unpaired) electrons. The summed E-state index contributed by atoms with van der Waals surface area (Å²) in [4.78, 5) is 15.6. The van der Waals surface area contributed by atoms with Crippen molar-refractivity contribution in [3.63, 3.8) is 0 Å². The summed E-state index contributed by atoms with van der Waals surface area (Å²) in [5.41, 5.74) is 8.62. The van der Waals surface area contributed by atoms with Gasteiger partial charge in [-0.1, -0.05) is 31.5 Å². The maximum atomic E-state index is 12.4. The van der Waals surface area contributed by atoms with Gasteiger partial charge in [-0.15, -0.1) is 11.8 Å². The Bertz CT molecular complexity index is 528. The summed E-state index contributed by atoms with van der Waals surface area (Å²) >= 11 is 1.64. The van der Waals surface area contributed by atoms with Crippen molar-refractivity contribution in [2.24, 2.45) is 11.1 Å². The zero-order chi connectivity index (χ0) is 15.6. The predicted molar refractivity (Wildman–Crippen MR) is 89.6 cm³/mol. The topological polar surface area (TPSA) is 46.3 Å². The molecule has 21 heavy (non-hydrogen) atoms. The molecule has 4 heteroatoms. The van der Waals surface area contributed by atoms with Crippen molar-refractivity contribution in [2.45, 2.75) is 45.1 Å². The van der Waals surface area contributed by atoms with Gasteiger partial charge in [0, 0.05) is 24.0 Å². The first-order chi connectivity index (χ1) is 9.79. The van der Waals surface area contributed by atoms with Gasteiger partial charge in [0.1, 0.15) is 0 Å². The van der Waals surface area contributed by atoms with Crippen LogP contribution in [0, 0.1) is 19.3 Å². The van der Waals surface area contributed by atoms with E-state index >= 15 is 0 Å². The van der Waals surface area contributed by atoms with Gasteiger partial charge in [-0.2, -0.15) is 0 Å². The van der Waals surface area contributed by atoms with Gasteiger partial charge in [0.15, 0.2) is 0 Å². The number of nitrogens with zero attached hydrogens (tertiary/aromatic N) is 1. The van der Waals surface area contributed by atoms with Crippen molar-refractivity contribution >= 4 is 17.7 Å². The molecule has 1 aliphatic rings.